The van der Waals surface area contributed by atoms with E-state index in [9.17, 15) is 0 Å². The molecule has 1 aliphatic heterocycles. The number of hydrogen-bond donors (Lipinski definition) is 2. The number of rotatable bonds is 6. The van der Waals surface area contributed by atoms with E-state index in [1.807, 2.05) is 0 Å². The summed E-state index contributed by atoms with van der Waals surface area (Å²) in [7, 11) is 0. The first-order valence-corrected chi connectivity index (χ1v) is 9.55. The third-order valence-corrected chi connectivity index (χ3v) is 5.19. The quantitative estimate of drug-likeness (QED) is 0.763. The first kappa shape index (κ1) is 16.9. The van der Waals surface area contributed by atoms with Crippen LogP contribution >= 0.6 is 11.8 Å². The summed E-state index contributed by atoms with van der Waals surface area (Å²) in [5, 5.41) is 7.45. The van der Waals surface area contributed by atoms with Crippen molar-refractivity contribution in [2.75, 3.05) is 12.8 Å². The number of thioether (sulfide) groups is 1. The van der Waals surface area contributed by atoms with Crippen LogP contribution in [-0.2, 0) is 0 Å². The lowest BCUT2D eigenvalue weighted by Gasteiger charge is -2.25. The Morgan fingerprint density at radius 2 is 1.95 bits per heavy atom. The van der Waals surface area contributed by atoms with Crippen molar-refractivity contribution >= 4 is 11.8 Å². The Kier molecular flexibility index (Phi) is 7.08. The molecular formula is C18H30N2S. The highest BCUT2D eigenvalue weighted by Crippen LogP contribution is 2.20. The zero-order valence-corrected chi connectivity index (χ0v) is 14.5. The summed E-state index contributed by atoms with van der Waals surface area (Å²) in [6.45, 7) is 5.79. The van der Waals surface area contributed by atoms with E-state index in [4.69, 9.17) is 0 Å². The molecule has 1 heterocycles. The van der Waals surface area contributed by atoms with Crippen molar-refractivity contribution in [3.05, 3.63) is 29.8 Å². The fraction of sp³-hybridized carbons (Fsp3) is 0.667. The van der Waals surface area contributed by atoms with Crippen LogP contribution in [0.5, 0.6) is 0 Å². The Labute approximate surface area is 134 Å². The lowest BCUT2D eigenvalue weighted by atomic mass is 10.0. The number of nitrogens with one attached hydrogen (secondary N) is 2. The molecule has 0 saturated carbocycles. The van der Waals surface area contributed by atoms with Gasteiger partial charge < -0.3 is 10.6 Å². The predicted octanol–water partition coefficient (Wildman–Crippen LogP) is 4.37. The molecule has 0 aromatic heterocycles. The highest BCUT2D eigenvalue weighted by Gasteiger charge is 2.16. The summed E-state index contributed by atoms with van der Waals surface area (Å²) in [6, 6.07) is 10.6. The molecule has 1 saturated heterocycles. The Morgan fingerprint density at radius 3 is 2.67 bits per heavy atom. The van der Waals surface area contributed by atoms with Crippen LogP contribution in [0, 0.1) is 0 Å². The van der Waals surface area contributed by atoms with Crippen molar-refractivity contribution < 1.29 is 0 Å². The van der Waals surface area contributed by atoms with Crippen molar-refractivity contribution in [2.24, 2.45) is 0 Å². The first-order chi connectivity index (χ1) is 10.2. The molecular weight excluding hydrogens is 276 g/mol. The van der Waals surface area contributed by atoms with Gasteiger partial charge in [0.05, 0.1) is 0 Å². The standard InChI is InChI=1S/C18H30N2S/c1-14(13-17-7-5-4-6-12-19-17)20-15(2)16-8-10-18(21-3)11-9-16/h8-11,14-15,17,19-20H,4-7,12-13H2,1-3H3. The van der Waals surface area contributed by atoms with E-state index in [-0.39, 0.29) is 0 Å². The van der Waals surface area contributed by atoms with Gasteiger partial charge in [-0.15, -0.1) is 11.8 Å². The Balaban J connectivity index is 1.81. The normalized spacial score (nSPS) is 22.5. The molecule has 2 nitrogen and oxygen atoms in total. The highest BCUT2D eigenvalue weighted by molar-refractivity contribution is 7.98. The van der Waals surface area contributed by atoms with Gasteiger partial charge in [0.1, 0.15) is 0 Å². The molecule has 2 N–H and O–H groups in total. The number of benzene rings is 1. The Bertz CT molecular complexity index is 396. The van der Waals surface area contributed by atoms with Crippen molar-refractivity contribution in [1.29, 1.82) is 0 Å². The maximum atomic E-state index is 3.75. The minimum atomic E-state index is 0.418. The van der Waals surface area contributed by atoms with Gasteiger partial charge in [-0.1, -0.05) is 25.0 Å². The topological polar surface area (TPSA) is 24.1 Å². The van der Waals surface area contributed by atoms with Gasteiger partial charge in [0.25, 0.3) is 0 Å². The average molecular weight is 307 g/mol. The van der Waals surface area contributed by atoms with Crippen LogP contribution in [0.15, 0.2) is 29.2 Å². The summed E-state index contributed by atoms with van der Waals surface area (Å²) in [5.41, 5.74) is 1.38. The third-order valence-electron chi connectivity index (χ3n) is 4.45. The van der Waals surface area contributed by atoms with Gasteiger partial charge in [-0.25, -0.2) is 0 Å². The highest BCUT2D eigenvalue weighted by atomic mass is 32.2. The average Bonchev–Trinajstić information content (AvgIpc) is 2.75. The summed E-state index contributed by atoms with van der Waals surface area (Å²) in [4.78, 5) is 1.33. The second kappa shape index (κ2) is 8.82. The van der Waals surface area contributed by atoms with E-state index >= 15 is 0 Å². The summed E-state index contributed by atoms with van der Waals surface area (Å²) < 4.78 is 0. The lowest BCUT2D eigenvalue weighted by Crippen LogP contribution is -2.37. The minimum Gasteiger partial charge on any atom is -0.314 e. The zero-order valence-electron chi connectivity index (χ0n) is 13.7. The molecule has 3 heteroatoms. The van der Waals surface area contributed by atoms with Gasteiger partial charge in [0, 0.05) is 23.0 Å². The smallest absolute Gasteiger partial charge is 0.0294 e. The Morgan fingerprint density at radius 1 is 1.19 bits per heavy atom. The van der Waals surface area contributed by atoms with Crippen molar-refractivity contribution in [3.8, 4) is 0 Å². The molecule has 1 aliphatic rings. The second-order valence-electron chi connectivity index (χ2n) is 6.30. The summed E-state index contributed by atoms with van der Waals surface area (Å²) in [6.07, 6.45) is 8.81. The molecule has 0 spiro atoms. The molecule has 3 atom stereocenters. The van der Waals surface area contributed by atoms with Crippen molar-refractivity contribution in [1.82, 2.24) is 10.6 Å². The lowest BCUT2D eigenvalue weighted by molar-refractivity contribution is 0.380. The van der Waals surface area contributed by atoms with Crippen LogP contribution in [0.25, 0.3) is 0 Å². The van der Waals surface area contributed by atoms with Gasteiger partial charge >= 0.3 is 0 Å². The molecule has 0 radical (unpaired) electrons. The Hall–Kier alpha value is -0.510. The maximum absolute atomic E-state index is 3.75. The molecule has 1 aromatic carbocycles. The molecule has 0 amide bonds. The molecule has 3 unspecified atom stereocenters. The van der Waals surface area contributed by atoms with E-state index in [2.05, 4.69) is 55.0 Å². The van der Waals surface area contributed by atoms with Gasteiger partial charge in [-0.3, -0.25) is 0 Å². The monoisotopic (exact) mass is 306 g/mol. The van der Waals surface area contributed by atoms with Crippen LogP contribution in [0.1, 0.15) is 57.6 Å². The zero-order chi connectivity index (χ0) is 15.1. The van der Waals surface area contributed by atoms with Gasteiger partial charge in [-0.05, 0) is 63.6 Å². The fourth-order valence-electron chi connectivity index (χ4n) is 3.21. The maximum Gasteiger partial charge on any atom is 0.0294 e. The van der Waals surface area contributed by atoms with E-state index in [0.717, 1.165) is 0 Å². The third kappa shape index (κ3) is 5.65. The summed E-state index contributed by atoms with van der Waals surface area (Å²) >= 11 is 1.80. The number of hydrogen-bond acceptors (Lipinski definition) is 3. The first-order valence-electron chi connectivity index (χ1n) is 8.32. The van der Waals surface area contributed by atoms with E-state index in [1.54, 1.807) is 11.8 Å². The molecule has 21 heavy (non-hydrogen) atoms. The molecule has 118 valence electrons. The molecule has 0 bridgehead atoms. The van der Waals surface area contributed by atoms with Crippen LogP contribution in [0.2, 0.25) is 0 Å². The minimum absolute atomic E-state index is 0.418. The van der Waals surface area contributed by atoms with Crippen LogP contribution in [0.4, 0.5) is 0 Å². The fourth-order valence-corrected chi connectivity index (χ4v) is 3.62. The largest absolute Gasteiger partial charge is 0.314 e. The summed E-state index contributed by atoms with van der Waals surface area (Å²) in [5.74, 6) is 0. The van der Waals surface area contributed by atoms with E-state index < -0.39 is 0 Å². The van der Waals surface area contributed by atoms with Crippen LogP contribution in [0.3, 0.4) is 0 Å². The molecule has 0 aliphatic carbocycles. The van der Waals surface area contributed by atoms with E-state index in [1.165, 1.54) is 49.1 Å². The molecule has 1 aromatic rings. The SMILES string of the molecule is CSc1ccc(C(C)NC(C)CC2CCCCCN2)cc1. The molecule has 1 fully saturated rings. The predicted molar refractivity (Wildman–Crippen MR) is 94.1 cm³/mol. The van der Waals surface area contributed by atoms with E-state index in [0.29, 0.717) is 18.1 Å². The second-order valence-corrected chi connectivity index (χ2v) is 7.18. The molecule has 2 rings (SSSR count). The van der Waals surface area contributed by atoms with Gasteiger partial charge in [-0.2, -0.15) is 0 Å². The van der Waals surface area contributed by atoms with Crippen LogP contribution in [-0.4, -0.2) is 24.9 Å². The van der Waals surface area contributed by atoms with Crippen LogP contribution < -0.4 is 10.6 Å². The van der Waals surface area contributed by atoms with Gasteiger partial charge in [0.2, 0.25) is 0 Å². The van der Waals surface area contributed by atoms with Crippen molar-refractivity contribution in [2.45, 2.75) is 69.0 Å². The van der Waals surface area contributed by atoms with Gasteiger partial charge in [0.15, 0.2) is 0 Å². The van der Waals surface area contributed by atoms with Crippen molar-refractivity contribution in [3.63, 3.8) is 0 Å².